The molecule has 2 amide bonds. The molecule has 0 saturated carbocycles. The minimum atomic E-state index is -0.257. The van der Waals surface area contributed by atoms with Crippen molar-refractivity contribution in [1.82, 2.24) is 0 Å². The number of rotatable bonds is 2. The van der Waals surface area contributed by atoms with E-state index in [0.717, 1.165) is 16.3 Å². The van der Waals surface area contributed by atoms with Crippen LogP contribution in [-0.4, -0.2) is 24.1 Å². The van der Waals surface area contributed by atoms with E-state index in [4.69, 9.17) is 0 Å². The SMILES string of the molecule is C=CC(=O)Nc1ccc2c(c1)N(C(C)=O)CCS2. The van der Waals surface area contributed by atoms with Gasteiger partial charge in [0.1, 0.15) is 0 Å². The van der Waals surface area contributed by atoms with Crippen LogP contribution >= 0.6 is 11.8 Å². The Balaban J connectivity index is 2.33. The van der Waals surface area contributed by atoms with E-state index < -0.39 is 0 Å². The molecule has 5 heteroatoms. The van der Waals surface area contributed by atoms with E-state index in [9.17, 15) is 9.59 Å². The van der Waals surface area contributed by atoms with E-state index in [2.05, 4.69) is 11.9 Å². The van der Waals surface area contributed by atoms with E-state index >= 15 is 0 Å². The van der Waals surface area contributed by atoms with E-state index in [0.29, 0.717) is 12.2 Å². The molecular weight excluding hydrogens is 248 g/mol. The van der Waals surface area contributed by atoms with Gasteiger partial charge in [0.15, 0.2) is 0 Å². The first kappa shape index (κ1) is 12.7. The smallest absolute Gasteiger partial charge is 0.247 e. The second kappa shape index (κ2) is 5.27. The van der Waals surface area contributed by atoms with Gasteiger partial charge in [-0.2, -0.15) is 0 Å². The number of benzene rings is 1. The first-order chi connectivity index (χ1) is 8.61. The van der Waals surface area contributed by atoms with Crippen LogP contribution in [0.15, 0.2) is 35.7 Å². The summed E-state index contributed by atoms with van der Waals surface area (Å²) in [7, 11) is 0. The van der Waals surface area contributed by atoms with Crippen molar-refractivity contribution >= 4 is 35.0 Å². The first-order valence-electron chi connectivity index (χ1n) is 5.60. The summed E-state index contributed by atoms with van der Waals surface area (Å²) in [6.45, 7) is 5.66. The first-order valence-corrected chi connectivity index (χ1v) is 6.59. The maximum atomic E-state index is 11.6. The van der Waals surface area contributed by atoms with Gasteiger partial charge >= 0.3 is 0 Å². The van der Waals surface area contributed by atoms with Gasteiger partial charge in [0, 0.05) is 29.8 Å². The lowest BCUT2D eigenvalue weighted by atomic mass is 10.2. The summed E-state index contributed by atoms with van der Waals surface area (Å²) in [4.78, 5) is 25.6. The Kier molecular flexibility index (Phi) is 3.72. The number of thioether (sulfide) groups is 1. The molecule has 94 valence electrons. The number of hydrogen-bond donors (Lipinski definition) is 1. The zero-order chi connectivity index (χ0) is 13.1. The van der Waals surface area contributed by atoms with Crippen LogP contribution < -0.4 is 10.2 Å². The predicted octanol–water partition coefficient (Wildman–Crippen LogP) is 2.27. The highest BCUT2D eigenvalue weighted by molar-refractivity contribution is 7.99. The van der Waals surface area contributed by atoms with Crippen molar-refractivity contribution in [2.75, 3.05) is 22.5 Å². The summed E-state index contributed by atoms with van der Waals surface area (Å²) < 4.78 is 0. The fourth-order valence-corrected chi connectivity index (χ4v) is 2.79. The zero-order valence-electron chi connectivity index (χ0n) is 10.1. The van der Waals surface area contributed by atoms with Crippen LogP contribution in [-0.2, 0) is 9.59 Å². The lowest BCUT2D eigenvalue weighted by molar-refractivity contribution is -0.116. The summed E-state index contributed by atoms with van der Waals surface area (Å²) >= 11 is 1.72. The quantitative estimate of drug-likeness (QED) is 0.832. The molecule has 0 unspecified atom stereocenters. The van der Waals surface area contributed by atoms with Crippen molar-refractivity contribution in [3.63, 3.8) is 0 Å². The average molecular weight is 262 g/mol. The summed E-state index contributed by atoms with van der Waals surface area (Å²) in [5.41, 5.74) is 1.54. The molecule has 1 heterocycles. The van der Waals surface area contributed by atoms with Crippen molar-refractivity contribution in [1.29, 1.82) is 0 Å². The van der Waals surface area contributed by atoms with Crippen LogP contribution in [0, 0.1) is 0 Å². The molecule has 2 rings (SSSR count). The minimum absolute atomic E-state index is 0.0174. The average Bonchev–Trinajstić information content (AvgIpc) is 2.37. The van der Waals surface area contributed by atoms with Gasteiger partial charge in [0.05, 0.1) is 5.69 Å². The van der Waals surface area contributed by atoms with Gasteiger partial charge in [-0.05, 0) is 24.3 Å². The maximum Gasteiger partial charge on any atom is 0.247 e. The topological polar surface area (TPSA) is 49.4 Å². The normalized spacial score (nSPS) is 13.7. The Labute approximate surface area is 110 Å². The predicted molar refractivity (Wildman–Crippen MR) is 74.0 cm³/mol. The molecule has 0 fully saturated rings. The molecule has 4 nitrogen and oxygen atoms in total. The van der Waals surface area contributed by atoms with Gasteiger partial charge in [-0.3, -0.25) is 9.59 Å². The maximum absolute atomic E-state index is 11.6. The van der Waals surface area contributed by atoms with Crippen molar-refractivity contribution < 1.29 is 9.59 Å². The van der Waals surface area contributed by atoms with Crippen LogP contribution in [0.25, 0.3) is 0 Å². The highest BCUT2D eigenvalue weighted by Crippen LogP contribution is 2.36. The molecule has 1 aromatic carbocycles. The number of amides is 2. The third-order valence-corrected chi connectivity index (χ3v) is 3.70. The standard InChI is InChI=1S/C13H14N2O2S/c1-3-13(17)14-10-4-5-12-11(8-10)15(9(2)16)6-7-18-12/h3-5,8H,1,6-7H2,2H3,(H,14,17). The molecule has 0 aromatic heterocycles. The molecule has 1 N–H and O–H groups in total. The fourth-order valence-electron chi connectivity index (χ4n) is 1.82. The Hall–Kier alpha value is -1.75. The van der Waals surface area contributed by atoms with Gasteiger partial charge < -0.3 is 10.2 Å². The Morgan fingerprint density at radius 3 is 2.94 bits per heavy atom. The Morgan fingerprint density at radius 2 is 2.28 bits per heavy atom. The van der Waals surface area contributed by atoms with E-state index in [1.54, 1.807) is 23.6 Å². The number of nitrogens with zero attached hydrogens (tertiary/aromatic N) is 1. The second-order valence-electron chi connectivity index (χ2n) is 3.89. The van der Waals surface area contributed by atoms with Crippen molar-refractivity contribution in [2.24, 2.45) is 0 Å². The second-order valence-corrected chi connectivity index (χ2v) is 5.03. The molecule has 0 bridgehead atoms. The Morgan fingerprint density at radius 1 is 1.50 bits per heavy atom. The fraction of sp³-hybridized carbons (Fsp3) is 0.231. The summed E-state index contributed by atoms with van der Waals surface area (Å²) in [6.07, 6.45) is 1.22. The highest BCUT2D eigenvalue weighted by Gasteiger charge is 2.20. The number of hydrogen-bond acceptors (Lipinski definition) is 3. The monoisotopic (exact) mass is 262 g/mol. The van der Waals surface area contributed by atoms with Crippen LogP contribution in [0.1, 0.15) is 6.92 Å². The lowest BCUT2D eigenvalue weighted by Gasteiger charge is -2.28. The van der Waals surface area contributed by atoms with Gasteiger partial charge in [-0.25, -0.2) is 0 Å². The van der Waals surface area contributed by atoms with E-state index in [1.807, 2.05) is 18.2 Å². The number of carbonyl (C=O) groups is 2. The molecule has 0 aliphatic carbocycles. The molecule has 0 saturated heterocycles. The summed E-state index contributed by atoms with van der Waals surface area (Å²) in [5, 5.41) is 2.70. The van der Waals surface area contributed by atoms with Crippen molar-refractivity contribution in [3.8, 4) is 0 Å². The molecule has 0 spiro atoms. The number of nitrogens with one attached hydrogen (secondary N) is 1. The minimum Gasteiger partial charge on any atom is -0.322 e. The van der Waals surface area contributed by atoms with Crippen molar-refractivity contribution in [2.45, 2.75) is 11.8 Å². The molecule has 18 heavy (non-hydrogen) atoms. The summed E-state index contributed by atoms with van der Waals surface area (Å²) in [6, 6.07) is 5.58. The number of carbonyl (C=O) groups excluding carboxylic acids is 2. The van der Waals surface area contributed by atoms with E-state index in [-0.39, 0.29) is 11.8 Å². The zero-order valence-corrected chi connectivity index (χ0v) is 10.9. The molecule has 1 aliphatic rings. The van der Waals surface area contributed by atoms with Gasteiger partial charge in [0.2, 0.25) is 11.8 Å². The van der Waals surface area contributed by atoms with Crippen LogP contribution in [0.3, 0.4) is 0 Å². The van der Waals surface area contributed by atoms with E-state index in [1.165, 1.54) is 6.08 Å². The molecule has 1 aromatic rings. The van der Waals surface area contributed by atoms with Crippen LogP contribution in [0.5, 0.6) is 0 Å². The lowest BCUT2D eigenvalue weighted by Crippen LogP contribution is -2.33. The third-order valence-electron chi connectivity index (χ3n) is 2.66. The number of fused-ring (bicyclic) bond motifs is 1. The van der Waals surface area contributed by atoms with Gasteiger partial charge in [-0.15, -0.1) is 11.8 Å². The van der Waals surface area contributed by atoms with Crippen molar-refractivity contribution in [3.05, 3.63) is 30.9 Å². The van der Waals surface area contributed by atoms with Gasteiger partial charge in [-0.1, -0.05) is 6.58 Å². The largest absolute Gasteiger partial charge is 0.322 e. The molecule has 0 radical (unpaired) electrons. The number of anilines is 2. The van der Waals surface area contributed by atoms with Gasteiger partial charge in [0.25, 0.3) is 0 Å². The molecule has 0 atom stereocenters. The Bertz CT molecular complexity index is 514. The van der Waals surface area contributed by atoms with Crippen LogP contribution in [0.4, 0.5) is 11.4 Å². The molecular formula is C13H14N2O2S. The van der Waals surface area contributed by atoms with Crippen LogP contribution in [0.2, 0.25) is 0 Å². The molecule has 1 aliphatic heterocycles. The summed E-state index contributed by atoms with van der Waals surface area (Å²) in [5.74, 6) is 0.654. The third kappa shape index (κ3) is 2.56. The highest BCUT2D eigenvalue weighted by atomic mass is 32.2.